The maximum atomic E-state index is 14.9. The molecule has 382 valence electrons. The van der Waals surface area contributed by atoms with Gasteiger partial charge in [-0.1, -0.05) is 137 Å². The molecule has 1 fully saturated rings. The number of unbranched alkanes of at least 4 members (excludes halogenated alkanes) is 11. The monoisotopic (exact) mass is 968 g/mol. The number of amides is 2. The first kappa shape index (κ1) is 54.1. The van der Waals surface area contributed by atoms with Crippen molar-refractivity contribution in [2.24, 2.45) is 22.9 Å². The van der Waals surface area contributed by atoms with Crippen LogP contribution in [0.1, 0.15) is 146 Å². The second-order valence-electron chi connectivity index (χ2n) is 19.0. The summed E-state index contributed by atoms with van der Waals surface area (Å²) >= 11 is 0. The van der Waals surface area contributed by atoms with Crippen LogP contribution in [0.5, 0.6) is 11.5 Å². The molecule has 70 heavy (non-hydrogen) atoms. The molecule has 6 atom stereocenters. The lowest BCUT2D eigenvalue weighted by Gasteiger charge is -2.59. The van der Waals surface area contributed by atoms with Crippen LogP contribution in [0.25, 0.3) is 0 Å². The van der Waals surface area contributed by atoms with Crippen molar-refractivity contribution >= 4 is 17.9 Å². The number of halogens is 1. The summed E-state index contributed by atoms with van der Waals surface area (Å²) in [4.78, 5) is 35.8. The van der Waals surface area contributed by atoms with Gasteiger partial charge in [0, 0.05) is 44.2 Å². The Morgan fingerprint density at radius 1 is 0.871 bits per heavy atom. The lowest BCUT2D eigenvalue weighted by atomic mass is 9.55. The highest BCUT2D eigenvalue weighted by molar-refractivity contribution is 6.03. The van der Waals surface area contributed by atoms with Gasteiger partial charge in [-0.05, 0) is 97.9 Å². The van der Waals surface area contributed by atoms with Crippen LogP contribution >= 0.6 is 0 Å². The zero-order chi connectivity index (χ0) is 49.6. The molecule has 3 aromatic rings. The van der Waals surface area contributed by atoms with Crippen LogP contribution in [0.4, 0.5) is 14.0 Å². The third kappa shape index (κ3) is 14.7. The number of nitrogens with zero attached hydrogens (tertiary/aromatic N) is 2. The summed E-state index contributed by atoms with van der Waals surface area (Å²) in [6, 6.07) is 20.3. The van der Waals surface area contributed by atoms with E-state index in [1.165, 1.54) is 50.7 Å². The number of nitrogens with one attached hydrogen (secondary N) is 1. The highest BCUT2D eigenvalue weighted by Gasteiger charge is 2.65. The minimum atomic E-state index is -1.54. The summed E-state index contributed by atoms with van der Waals surface area (Å²) in [5, 5.41) is 27.6. The van der Waals surface area contributed by atoms with Gasteiger partial charge in [-0.3, -0.25) is 4.90 Å². The van der Waals surface area contributed by atoms with Gasteiger partial charge >= 0.3 is 12.2 Å². The number of rotatable bonds is 30. The van der Waals surface area contributed by atoms with Crippen LogP contribution < -0.4 is 14.8 Å². The molecule has 0 radical (unpaired) electrons. The van der Waals surface area contributed by atoms with Gasteiger partial charge in [-0.15, -0.1) is 6.58 Å². The summed E-state index contributed by atoms with van der Waals surface area (Å²) in [6.45, 7) is 9.23. The highest BCUT2D eigenvalue weighted by atomic mass is 19.1. The van der Waals surface area contributed by atoms with Gasteiger partial charge in [0.2, 0.25) is 5.79 Å². The Bertz CT molecular complexity index is 2130. The molecule has 0 spiro atoms. The van der Waals surface area contributed by atoms with E-state index in [0.717, 1.165) is 68.1 Å². The van der Waals surface area contributed by atoms with Gasteiger partial charge in [0.05, 0.1) is 24.8 Å². The van der Waals surface area contributed by atoms with E-state index >= 15 is 0 Å². The van der Waals surface area contributed by atoms with Crippen LogP contribution in [-0.2, 0) is 27.4 Å². The third-order valence-electron chi connectivity index (χ3n) is 14.0. The second-order valence-corrected chi connectivity index (χ2v) is 19.0. The average Bonchev–Trinajstić information content (AvgIpc) is 3.37. The first-order valence-corrected chi connectivity index (χ1v) is 26.1. The molecule has 1 saturated carbocycles. The molecule has 3 aromatic carbocycles. The number of oxime groups is 1. The molecule has 6 unspecified atom stereocenters. The summed E-state index contributed by atoms with van der Waals surface area (Å²) in [5.74, 6) is -2.05. The van der Waals surface area contributed by atoms with Crippen LogP contribution in [0.3, 0.4) is 0 Å². The maximum absolute atomic E-state index is 14.9. The van der Waals surface area contributed by atoms with E-state index in [1.54, 1.807) is 29.2 Å². The van der Waals surface area contributed by atoms with Crippen molar-refractivity contribution in [1.29, 1.82) is 0 Å². The Labute approximate surface area is 415 Å². The molecule has 13 heteroatoms. The fourth-order valence-electron chi connectivity index (χ4n) is 10.7. The van der Waals surface area contributed by atoms with E-state index in [9.17, 15) is 24.2 Å². The van der Waals surface area contributed by atoms with Gasteiger partial charge < -0.3 is 39.3 Å². The second kappa shape index (κ2) is 28.6. The molecule has 1 heterocycles. The zero-order valence-corrected chi connectivity index (χ0v) is 41.7. The highest BCUT2D eigenvalue weighted by Crippen LogP contribution is 2.62. The number of carbonyl (C=O) groups excluding carboxylic acids is 2. The summed E-state index contributed by atoms with van der Waals surface area (Å²) in [5.41, 5.74) is 3.96. The average molecular weight is 968 g/mol. The Morgan fingerprint density at radius 2 is 1.57 bits per heavy atom. The predicted octanol–water partition coefficient (Wildman–Crippen LogP) is 12.3. The molecule has 2 amide bonds. The number of benzene rings is 3. The Morgan fingerprint density at radius 3 is 2.26 bits per heavy atom. The molecule has 0 saturated heterocycles. The van der Waals surface area contributed by atoms with Crippen LogP contribution in [0.15, 0.2) is 102 Å². The summed E-state index contributed by atoms with van der Waals surface area (Å²) in [7, 11) is 0. The summed E-state index contributed by atoms with van der Waals surface area (Å²) < 4.78 is 41.0. The molecule has 0 aromatic heterocycles. The van der Waals surface area contributed by atoms with E-state index in [0.29, 0.717) is 42.2 Å². The van der Waals surface area contributed by atoms with Gasteiger partial charge in [0.15, 0.2) is 0 Å². The molecule has 12 nitrogen and oxygen atoms in total. The van der Waals surface area contributed by atoms with E-state index in [-0.39, 0.29) is 63.7 Å². The first-order chi connectivity index (χ1) is 34.3. The smallest absolute Gasteiger partial charge is 0.412 e. The van der Waals surface area contributed by atoms with Gasteiger partial charge in [-0.2, -0.15) is 0 Å². The Kier molecular flexibility index (Phi) is 22.1. The molecule has 3 N–H and O–H groups in total. The normalized spacial score (nSPS) is 21.7. The van der Waals surface area contributed by atoms with Crippen LogP contribution in [0, 0.1) is 23.6 Å². The van der Waals surface area contributed by atoms with E-state index in [4.69, 9.17) is 28.9 Å². The molecule has 1 aliphatic heterocycles. The Hall–Kier alpha value is -5.24. The van der Waals surface area contributed by atoms with Crippen molar-refractivity contribution in [1.82, 2.24) is 10.2 Å². The van der Waals surface area contributed by atoms with Gasteiger partial charge in [0.25, 0.3) is 0 Å². The van der Waals surface area contributed by atoms with Crippen molar-refractivity contribution in [3.05, 3.63) is 120 Å². The van der Waals surface area contributed by atoms with E-state index in [1.807, 2.05) is 49.4 Å². The van der Waals surface area contributed by atoms with Crippen molar-refractivity contribution in [2.75, 3.05) is 33.0 Å². The SMILES string of the molecule is C=CCOC12Oc3ccc(OC(=O)NCc4ccccc4)cc3C3C(CCCCO)C(CCCCO)C=C(C(=NOCC)CC1N(Cc1ccc(F)cc1)C(=O)OCCCCCCCCCCCC)C32. The number of aliphatic hydroxyl groups is 2. The number of fused-ring (bicyclic) bond motifs is 2. The lowest BCUT2D eigenvalue weighted by molar-refractivity contribution is -0.256. The number of carbonyl (C=O) groups is 2. The number of hydrogen-bond acceptors (Lipinski definition) is 10. The standard InChI is InChI=1S/C57H78FN3O9/c1-4-7-8-9-10-11-12-13-14-22-36-66-56(65)61(41-43-27-29-45(58)30-28-43)52-39-50(60-68-6-3)48-37-44(25-18-20-33-62)47(26-19-21-34-63)53-49-38-46(69-55(64)59-40-42-23-16-15-17-24-42)31-32-51(49)70-57(52,54(48)53)67-35-5-2/h5,15-17,23-24,27-32,37-38,44,47,52-54,62-63H,2,4,6-14,18-22,25-26,33-36,39-41H2,1,3H3,(H,59,64). The van der Waals surface area contributed by atoms with Crippen molar-refractivity contribution in [2.45, 2.75) is 154 Å². The molecule has 2 aliphatic carbocycles. The molecule has 0 bridgehead atoms. The zero-order valence-electron chi connectivity index (χ0n) is 41.7. The number of aliphatic hydroxyl groups excluding tert-OH is 2. The van der Waals surface area contributed by atoms with Crippen molar-refractivity contribution in [3.63, 3.8) is 0 Å². The summed E-state index contributed by atoms with van der Waals surface area (Å²) in [6.07, 6.45) is 18.7. The maximum Gasteiger partial charge on any atom is 0.412 e. The quantitative estimate of drug-likeness (QED) is 0.0337. The lowest BCUT2D eigenvalue weighted by Crippen LogP contribution is -2.70. The van der Waals surface area contributed by atoms with Gasteiger partial charge in [0.1, 0.15) is 30.0 Å². The third-order valence-corrected chi connectivity index (χ3v) is 14.0. The topological polar surface area (TPSA) is 148 Å². The largest absolute Gasteiger partial charge is 0.459 e. The Balaban J connectivity index is 1.42. The first-order valence-electron chi connectivity index (χ1n) is 26.1. The number of ether oxygens (including phenoxy) is 4. The minimum absolute atomic E-state index is 0.00742. The fraction of sp³-hybridized carbons (Fsp3) is 0.561. The molecule has 3 aliphatic rings. The minimum Gasteiger partial charge on any atom is -0.459 e. The van der Waals surface area contributed by atoms with Crippen LogP contribution in [-0.4, -0.2) is 77.9 Å². The van der Waals surface area contributed by atoms with E-state index in [2.05, 4.69) is 24.9 Å². The van der Waals surface area contributed by atoms with Crippen molar-refractivity contribution in [3.8, 4) is 11.5 Å². The predicted molar refractivity (Wildman–Crippen MR) is 271 cm³/mol. The molecular weight excluding hydrogens is 890 g/mol. The van der Waals surface area contributed by atoms with Gasteiger partial charge in [-0.25, -0.2) is 14.0 Å². The number of allylic oxidation sites excluding steroid dienone is 1. The molecular formula is C57H78FN3O9. The van der Waals surface area contributed by atoms with E-state index < -0.39 is 35.8 Å². The fourth-order valence-corrected chi connectivity index (χ4v) is 10.7. The van der Waals surface area contributed by atoms with Crippen LogP contribution in [0.2, 0.25) is 0 Å². The number of hydrogen-bond donors (Lipinski definition) is 3. The van der Waals surface area contributed by atoms with Crippen molar-refractivity contribution < 1.29 is 48.0 Å². The molecule has 6 rings (SSSR count).